The Labute approximate surface area is 154 Å². The molecule has 0 aliphatic rings. The summed E-state index contributed by atoms with van der Waals surface area (Å²) in [6.45, 7) is 0.656. The highest BCUT2D eigenvalue weighted by molar-refractivity contribution is 7.92. The number of benzene rings is 1. The maximum absolute atomic E-state index is 12.1. The Morgan fingerprint density at radius 2 is 1.81 bits per heavy atom. The van der Waals surface area contributed by atoms with E-state index in [1.54, 1.807) is 43.8 Å². The molecule has 0 unspecified atom stereocenters. The van der Waals surface area contributed by atoms with Crippen LogP contribution in [0.25, 0.3) is 0 Å². The quantitative estimate of drug-likeness (QED) is 0.722. The average molecular weight is 377 g/mol. The van der Waals surface area contributed by atoms with Crippen molar-refractivity contribution >= 4 is 21.6 Å². The van der Waals surface area contributed by atoms with E-state index < -0.39 is 10.0 Å². The second-order valence-electron chi connectivity index (χ2n) is 5.77. The lowest BCUT2D eigenvalue weighted by atomic mass is 10.2. The highest BCUT2D eigenvalue weighted by Gasteiger charge is 2.17. The fraction of sp³-hybridized carbons (Fsp3) is 0.333. The third-order valence-electron chi connectivity index (χ3n) is 3.76. The molecule has 0 saturated carbocycles. The van der Waals surface area contributed by atoms with Crippen molar-refractivity contribution in [2.75, 3.05) is 24.2 Å². The number of anilines is 1. The van der Waals surface area contributed by atoms with Crippen molar-refractivity contribution in [3.05, 3.63) is 54.4 Å². The van der Waals surface area contributed by atoms with Gasteiger partial charge in [0.25, 0.3) is 0 Å². The summed E-state index contributed by atoms with van der Waals surface area (Å²) in [5.41, 5.74) is 1.51. The van der Waals surface area contributed by atoms with Gasteiger partial charge in [-0.1, -0.05) is 0 Å². The topological polar surface area (TPSA) is 88.6 Å². The van der Waals surface area contributed by atoms with Gasteiger partial charge in [-0.05, 0) is 48.4 Å². The SMILES string of the molecule is COc1ccc(N(CCCC(=O)NCc2ccncc2)S(C)(=O)=O)cc1. The van der Waals surface area contributed by atoms with E-state index in [-0.39, 0.29) is 18.9 Å². The van der Waals surface area contributed by atoms with Crippen LogP contribution in [0.2, 0.25) is 0 Å². The van der Waals surface area contributed by atoms with E-state index in [1.165, 1.54) is 4.31 Å². The number of amides is 1. The Bertz CT molecular complexity index is 808. The molecule has 0 radical (unpaired) electrons. The first-order chi connectivity index (χ1) is 12.4. The number of pyridine rings is 1. The molecule has 1 N–H and O–H groups in total. The highest BCUT2D eigenvalue weighted by Crippen LogP contribution is 2.21. The number of carbonyl (C=O) groups is 1. The van der Waals surface area contributed by atoms with Gasteiger partial charge in [0, 0.05) is 31.9 Å². The second-order valence-corrected chi connectivity index (χ2v) is 7.68. The number of nitrogens with zero attached hydrogens (tertiary/aromatic N) is 2. The molecule has 1 aromatic carbocycles. The van der Waals surface area contributed by atoms with Crippen LogP contribution in [-0.2, 0) is 21.4 Å². The zero-order valence-electron chi connectivity index (χ0n) is 14.9. The Balaban J connectivity index is 1.88. The van der Waals surface area contributed by atoms with E-state index in [4.69, 9.17) is 4.74 Å². The minimum absolute atomic E-state index is 0.120. The second kappa shape index (κ2) is 9.19. The summed E-state index contributed by atoms with van der Waals surface area (Å²) in [7, 11) is -1.89. The normalized spacial score (nSPS) is 11.0. The molecule has 1 amide bonds. The zero-order chi connectivity index (χ0) is 19.0. The van der Waals surface area contributed by atoms with E-state index >= 15 is 0 Å². The first kappa shape index (κ1) is 19.7. The predicted octanol–water partition coefficient (Wildman–Crippen LogP) is 1.95. The Morgan fingerprint density at radius 3 is 2.38 bits per heavy atom. The summed E-state index contributed by atoms with van der Waals surface area (Å²) >= 11 is 0. The standard InChI is InChI=1S/C18H23N3O4S/c1-25-17-7-5-16(6-8-17)21(26(2,23)24)13-3-4-18(22)20-14-15-9-11-19-12-10-15/h5-12H,3-4,13-14H2,1-2H3,(H,20,22). The van der Waals surface area contributed by atoms with Gasteiger partial charge in [-0.2, -0.15) is 0 Å². The third-order valence-corrected chi connectivity index (χ3v) is 4.96. The molecule has 26 heavy (non-hydrogen) atoms. The summed E-state index contributed by atoms with van der Waals surface area (Å²) in [5.74, 6) is 0.530. The van der Waals surface area contributed by atoms with Gasteiger partial charge in [-0.25, -0.2) is 8.42 Å². The summed E-state index contributed by atoms with van der Waals surface area (Å²) in [4.78, 5) is 15.9. The first-order valence-corrected chi connectivity index (χ1v) is 10.0. The number of hydrogen-bond acceptors (Lipinski definition) is 5. The van der Waals surface area contributed by atoms with Crippen LogP contribution in [-0.4, -0.2) is 39.2 Å². The lowest BCUT2D eigenvalue weighted by molar-refractivity contribution is -0.121. The molecule has 0 atom stereocenters. The molecule has 0 spiro atoms. The van der Waals surface area contributed by atoms with Crippen LogP contribution in [0.5, 0.6) is 5.75 Å². The Morgan fingerprint density at radius 1 is 1.15 bits per heavy atom. The molecule has 1 heterocycles. The lowest BCUT2D eigenvalue weighted by Crippen LogP contribution is -2.32. The zero-order valence-corrected chi connectivity index (χ0v) is 15.7. The number of hydrogen-bond donors (Lipinski definition) is 1. The molecule has 0 saturated heterocycles. The predicted molar refractivity (Wildman–Crippen MR) is 101 cm³/mol. The highest BCUT2D eigenvalue weighted by atomic mass is 32.2. The molecular formula is C18H23N3O4S. The van der Waals surface area contributed by atoms with Gasteiger partial charge in [0.05, 0.1) is 19.1 Å². The Hall–Kier alpha value is -2.61. The maximum Gasteiger partial charge on any atom is 0.232 e. The molecule has 0 aliphatic heterocycles. The van der Waals surface area contributed by atoms with Gasteiger partial charge in [0.2, 0.25) is 15.9 Å². The van der Waals surface area contributed by atoms with Crippen molar-refractivity contribution in [1.82, 2.24) is 10.3 Å². The number of ether oxygens (including phenoxy) is 1. The molecule has 0 bridgehead atoms. The maximum atomic E-state index is 12.1. The van der Waals surface area contributed by atoms with Crippen LogP contribution in [0.4, 0.5) is 5.69 Å². The van der Waals surface area contributed by atoms with Crippen molar-refractivity contribution in [2.24, 2.45) is 0 Å². The van der Waals surface area contributed by atoms with Gasteiger partial charge in [0.1, 0.15) is 5.75 Å². The van der Waals surface area contributed by atoms with Gasteiger partial charge in [-0.15, -0.1) is 0 Å². The largest absolute Gasteiger partial charge is 0.497 e. The minimum Gasteiger partial charge on any atom is -0.497 e. The van der Waals surface area contributed by atoms with E-state index in [2.05, 4.69) is 10.3 Å². The Kier molecular flexibility index (Phi) is 6.97. The smallest absolute Gasteiger partial charge is 0.232 e. The van der Waals surface area contributed by atoms with Crippen molar-refractivity contribution in [1.29, 1.82) is 0 Å². The minimum atomic E-state index is -3.44. The fourth-order valence-electron chi connectivity index (χ4n) is 2.41. The van der Waals surface area contributed by atoms with Gasteiger partial charge in [-0.3, -0.25) is 14.1 Å². The van der Waals surface area contributed by atoms with Crippen LogP contribution >= 0.6 is 0 Å². The van der Waals surface area contributed by atoms with Crippen molar-refractivity contribution in [3.8, 4) is 5.75 Å². The van der Waals surface area contributed by atoms with Gasteiger partial charge < -0.3 is 10.1 Å². The van der Waals surface area contributed by atoms with Crippen LogP contribution in [0.3, 0.4) is 0 Å². The number of carbonyl (C=O) groups excluding carboxylic acids is 1. The molecular weight excluding hydrogens is 354 g/mol. The molecule has 1 aromatic heterocycles. The summed E-state index contributed by atoms with van der Waals surface area (Å²) in [6.07, 6.45) is 5.15. The van der Waals surface area contributed by atoms with Crippen LogP contribution in [0.1, 0.15) is 18.4 Å². The molecule has 0 fully saturated rings. The first-order valence-electron chi connectivity index (χ1n) is 8.17. The van der Waals surface area contributed by atoms with Crippen molar-refractivity contribution < 1.29 is 17.9 Å². The molecule has 2 aromatic rings. The van der Waals surface area contributed by atoms with Gasteiger partial charge in [0.15, 0.2) is 0 Å². The van der Waals surface area contributed by atoms with E-state index in [9.17, 15) is 13.2 Å². The average Bonchev–Trinajstić information content (AvgIpc) is 2.63. The van der Waals surface area contributed by atoms with E-state index in [0.717, 1.165) is 11.8 Å². The van der Waals surface area contributed by atoms with Crippen LogP contribution in [0, 0.1) is 0 Å². The number of aromatic nitrogens is 1. The number of sulfonamides is 1. The van der Waals surface area contributed by atoms with Crippen molar-refractivity contribution in [3.63, 3.8) is 0 Å². The molecule has 140 valence electrons. The molecule has 7 nitrogen and oxygen atoms in total. The summed E-state index contributed by atoms with van der Waals surface area (Å²) in [5, 5.41) is 2.82. The van der Waals surface area contributed by atoms with Gasteiger partial charge >= 0.3 is 0 Å². The molecule has 0 aliphatic carbocycles. The van der Waals surface area contributed by atoms with E-state index in [1.807, 2.05) is 12.1 Å². The van der Waals surface area contributed by atoms with E-state index in [0.29, 0.717) is 24.4 Å². The van der Waals surface area contributed by atoms with Crippen molar-refractivity contribution in [2.45, 2.75) is 19.4 Å². The lowest BCUT2D eigenvalue weighted by Gasteiger charge is -2.22. The van der Waals surface area contributed by atoms with Crippen LogP contribution in [0.15, 0.2) is 48.8 Å². The monoisotopic (exact) mass is 377 g/mol. The summed E-state index contributed by atoms with van der Waals surface area (Å²) < 4.78 is 30.5. The van der Waals surface area contributed by atoms with Crippen LogP contribution < -0.4 is 14.4 Å². The number of methoxy groups -OCH3 is 1. The third kappa shape index (κ3) is 6.03. The summed E-state index contributed by atoms with van der Waals surface area (Å²) in [6, 6.07) is 10.4. The number of nitrogens with one attached hydrogen (secondary N) is 1. The molecule has 8 heteroatoms. The number of rotatable bonds is 9. The fourth-order valence-corrected chi connectivity index (χ4v) is 3.37. The molecule has 2 rings (SSSR count).